The first-order valence-corrected chi connectivity index (χ1v) is 8.50. The highest BCUT2D eigenvalue weighted by Crippen LogP contribution is 2.35. The minimum atomic E-state index is -0.0125. The number of ether oxygens (including phenoxy) is 2. The van der Waals surface area contributed by atoms with Crippen LogP contribution in [0.15, 0.2) is 29.6 Å². The van der Waals surface area contributed by atoms with Crippen LogP contribution in [0.4, 0.5) is 0 Å². The maximum atomic E-state index is 11.4. The Morgan fingerprint density at radius 3 is 2.87 bits per heavy atom. The van der Waals surface area contributed by atoms with E-state index < -0.39 is 0 Å². The highest BCUT2D eigenvalue weighted by Gasteiger charge is 2.16. The van der Waals surface area contributed by atoms with Gasteiger partial charge in [0.15, 0.2) is 16.7 Å². The summed E-state index contributed by atoms with van der Waals surface area (Å²) in [5.41, 5.74) is 2.03. The lowest BCUT2D eigenvalue weighted by molar-refractivity contribution is -0.118. The van der Waals surface area contributed by atoms with Gasteiger partial charge in [-0.2, -0.15) is 0 Å². The number of nitrogens with one attached hydrogen (secondary N) is 1. The largest absolute Gasteiger partial charge is 0.486 e. The molecule has 1 aliphatic rings. The van der Waals surface area contributed by atoms with E-state index in [4.69, 9.17) is 9.47 Å². The fraction of sp³-hybridized carbons (Fsp3) is 0.375. The molecule has 1 N–H and O–H groups in total. The fourth-order valence-electron chi connectivity index (χ4n) is 2.41. The average Bonchev–Trinajstić information content (AvgIpc) is 3.02. The van der Waals surface area contributed by atoms with Crippen LogP contribution in [-0.4, -0.2) is 41.5 Å². The molecule has 1 aromatic heterocycles. The van der Waals surface area contributed by atoms with Gasteiger partial charge in [-0.05, 0) is 25.1 Å². The fourth-order valence-corrected chi connectivity index (χ4v) is 3.33. The second kappa shape index (κ2) is 6.95. The van der Waals surface area contributed by atoms with E-state index in [2.05, 4.69) is 21.8 Å². The summed E-state index contributed by atoms with van der Waals surface area (Å²) < 4.78 is 13.3. The van der Waals surface area contributed by atoms with Gasteiger partial charge in [0, 0.05) is 19.2 Å². The molecule has 1 amide bonds. The van der Waals surface area contributed by atoms with E-state index in [9.17, 15) is 4.79 Å². The summed E-state index contributed by atoms with van der Waals surface area (Å²) in [5, 5.41) is 3.45. The number of hydrogen-bond donors (Lipinski definition) is 1. The third kappa shape index (κ3) is 3.29. The number of imidazole rings is 1. The normalized spacial score (nSPS) is 13.0. The molecule has 0 radical (unpaired) electrons. The van der Waals surface area contributed by atoms with Gasteiger partial charge in [-0.25, -0.2) is 4.98 Å². The van der Waals surface area contributed by atoms with Gasteiger partial charge in [-0.3, -0.25) is 4.79 Å². The first kappa shape index (κ1) is 15.7. The maximum Gasteiger partial charge on any atom is 0.230 e. The molecule has 0 atom stereocenters. The molecule has 0 aliphatic carbocycles. The predicted octanol–water partition coefficient (Wildman–Crippen LogP) is 2.18. The number of aromatic nitrogens is 2. The average molecular weight is 333 g/mol. The molecular weight excluding hydrogens is 314 g/mol. The molecule has 0 saturated carbocycles. The number of amides is 1. The van der Waals surface area contributed by atoms with Crippen LogP contribution < -0.4 is 14.8 Å². The van der Waals surface area contributed by atoms with Crippen LogP contribution in [0.25, 0.3) is 11.3 Å². The molecule has 0 bridgehead atoms. The summed E-state index contributed by atoms with van der Waals surface area (Å²) in [6.45, 7) is 3.99. The van der Waals surface area contributed by atoms with Crippen LogP contribution in [0.1, 0.15) is 6.92 Å². The monoisotopic (exact) mass is 333 g/mol. The Morgan fingerprint density at radius 1 is 1.35 bits per heavy atom. The topological polar surface area (TPSA) is 65.4 Å². The number of benzene rings is 1. The van der Waals surface area contributed by atoms with Gasteiger partial charge in [0.05, 0.1) is 17.6 Å². The third-order valence-corrected chi connectivity index (χ3v) is 4.57. The molecule has 1 aliphatic heterocycles. The van der Waals surface area contributed by atoms with Crippen molar-refractivity contribution in [2.45, 2.75) is 18.6 Å². The zero-order chi connectivity index (χ0) is 16.2. The lowest BCUT2D eigenvalue weighted by Crippen LogP contribution is -2.20. The SMILES string of the molecule is CCn1c(-c2ccc3c(c2)OCCO3)cnc1SCC(=O)NC. The lowest BCUT2D eigenvalue weighted by atomic mass is 10.1. The Labute approximate surface area is 139 Å². The van der Waals surface area contributed by atoms with E-state index in [0.717, 1.165) is 34.5 Å². The molecule has 0 fully saturated rings. The summed E-state index contributed by atoms with van der Waals surface area (Å²) in [6, 6.07) is 5.91. The molecule has 2 aromatic rings. The number of hydrogen-bond acceptors (Lipinski definition) is 5. The van der Waals surface area contributed by atoms with Crippen molar-refractivity contribution in [2.75, 3.05) is 26.0 Å². The van der Waals surface area contributed by atoms with E-state index in [1.54, 1.807) is 7.05 Å². The summed E-state index contributed by atoms with van der Waals surface area (Å²) in [7, 11) is 1.63. The van der Waals surface area contributed by atoms with Crippen LogP contribution >= 0.6 is 11.8 Å². The van der Waals surface area contributed by atoms with Gasteiger partial charge >= 0.3 is 0 Å². The van der Waals surface area contributed by atoms with Gasteiger partial charge in [0.25, 0.3) is 0 Å². The van der Waals surface area contributed by atoms with E-state index in [1.807, 2.05) is 24.4 Å². The van der Waals surface area contributed by atoms with Crippen molar-refractivity contribution in [2.24, 2.45) is 0 Å². The van der Waals surface area contributed by atoms with Crippen LogP contribution in [0.2, 0.25) is 0 Å². The van der Waals surface area contributed by atoms with E-state index in [1.165, 1.54) is 11.8 Å². The second-order valence-electron chi connectivity index (χ2n) is 4.99. The number of thioether (sulfide) groups is 1. The van der Waals surface area contributed by atoms with Crippen molar-refractivity contribution in [1.82, 2.24) is 14.9 Å². The number of carbonyl (C=O) groups excluding carboxylic acids is 1. The molecule has 3 rings (SSSR count). The summed E-state index contributed by atoms with van der Waals surface area (Å²) >= 11 is 1.43. The molecule has 1 aromatic carbocycles. The first-order valence-electron chi connectivity index (χ1n) is 7.52. The summed E-state index contributed by atoms with van der Waals surface area (Å²) in [4.78, 5) is 15.9. The Balaban J connectivity index is 1.88. The summed E-state index contributed by atoms with van der Waals surface area (Å²) in [6.07, 6.45) is 1.83. The predicted molar refractivity (Wildman–Crippen MR) is 89.1 cm³/mol. The van der Waals surface area contributed by atoms with E-state index in [-0.39, 0.29) is 5.91 Å². The third-order valence-electron chi connectivity index (χ3n) is 3.58. The Kier molecular flexibility index (Phi) is 4.76. The first-order chi connectivity index (χ1) is 11.2. The van der Waals surface area contributed by atoms with Gasteiger partial charge in [-0.1, -0.05) is 11.8 Å². The van der Waals surface area contributed by atoms with Crippen LogP contribution in [0.5, 0.6) is 11.5 Å². The lowest BCUT2D eigenvalue weighted by Gasteiger charge is -2.19. The number of rotatable bonds is 5. The van der Waals surface area contributed by atoms with Crippen LogP contribution in [0.3, 0.4) is 0 Å². The number of nitrogens with zero attached hydrogens (tertiary/aromatic N) is 2. The molecule has 2 heterocycles. The van der Waals surface area contributed by atoms with Crippen LogP contribution in [0, 0.1) is 0 Å². The van der Waals surface area contributed by atoms with Crippen LogP contribution in [-0.2, 0) is 11.3 Å². The molecule has 0 unspecified atom stereocenters. The van der Waals surface area contributed by atoms with E-state index >= 15 is 0 Å². The zero-order valence-electron chi connectivity index (χ0n) is 13.2. The van der Waals surface area contributed by atoms with Gasteiger partial charge in [0.1, 0.15) is 13.2 Å². The Hall–Kier alpha value is -2.15. The van der Waals surface area contributed by atoms with Crippen molar-refractivity contribution in [1.29, 1.82) is 0 Å². The highest BCUT2D eigenvalue weighted by molar-refractivity contribution is 7.99. The Bertz CT molecular complexity index is 715. The molecule has 0 spiro atoms. The minimum absolute atomic E-state index is 0.0125. The van der Waals surface area contributed by atoms with Crippen molar-refractivity contribution in [3.8, 4) is 22.8 Å². The molecule has 23 heavy (non-hydrogen) atoms. The van der Waals surface area contributed by atoms with E-state index in [0.29, 0.717) is 19.0 Å². The van der Waals surface area contributed by atoms with Gasteiger partial charge in [-0.15, -0.1) is 0 Å². The molecule has 122 valence electrons. The van der Waals surface area contributed by atoms with Gasteiger partial charge < -0.3 is 19.4 Å². The van der Waals surface area contributed by atoms with Gasteiger partial charge in [0.2, 0.25) is 5.91 Å². The van der Waals surface area contributed by atoms with Crippen molar-refractivity contribution >= 4 is 17.7 Å². The maximum absolute atomic E-state index is 11.4. The molecule has 0 saturated heterocycles. The quantitative estimate of drug-likeness (QED) is 0.850. The molecule has 6 nitrogen and oxygen atoms in total. The molecular formula is C16H19N3O3S. The second-order valence-corrected chi connectivity index (χ2v) is 5.93. The Morgan fingerprint density at radius 2 is 2.13 bits per heavy atom. The summed E-state index contributed by atoms with van der Waals surface area (Å²) in [5.74, 6) is 1.88. The minimum Gasteiger partial charge on any atom is -0.486 e. The standard InChI is InChI=1S/C16H19N3O3S/c1-3-19-12(9-18-16(19)23-10-15(20)17-2)11-4-5-13-14(8-11)22-7-6-21-13/h4-5,8-9H,3,6-7,10H2,1-2H3,(H,17,20). The number of fused-ring (bicyclic) bond motifs is 1. The smallest absolute Gasteiger partial charge is 0.230 e. The van der Waals surface area contributed by atoms with Crippen molar-refractivity contribution in [3.63, 3.8) is 0 Å². The highest BCUT2D eigenvalue weighted by atomic mass is 32.2. The van der Waals surface area contributed by atoms with Crippen molar-refractivity contribution in [3.05, 3.63) is 24.4 Å². The zero-order valence-corrected chi connectivity index (χ0v) is 14.0. The van der Waals surface area contributed by atoms with Crippen molar-refractivity contribution < 1.29 is 14.3 Å². The number of carbonyl (C=O) groups is 1. The molecule has 7 heteroatoms.